The maximum absolute atomic E-state index is 13.5. The lowest BCUT2D eigenvalue weighted by atomic mass is 9.92. The lowest BCUT2D eigenvalue weighted by Crippen LogP contribution is -2.36. The molecule has 2 fully saturated rings. The second-order valence-corrected chi connectivity index (χ2v) is 11.6. The van der Waals surface area contributed by atoms with Crippen molar-refractivity contribution in [3.8, 4) is 21.1 Å². The summed E-state index contributed by atoms with van der Waals surface area (Å²) in [4.78, 5) is 15.5. The van der Waals surface area contributed by atoms with Crippen LogP contribution in [0.15, 0.2) is 54.6 Å². The Kier molecular flexibility index (Phi) is 7.17. The quantitative estimate of drug-likeness (QED) is 0.291. The molecule has 0 spiro atoms. The number of H-pyrrole nitrogens is 1. The van der Waals surface area contributed by atoms with E-state index in [0.29, 0.717) is 0 Å². The fourth-order valence-electron chi connectivity index (χ4n) is 5.73. The van der Waals surface area contributed by atoms with Crippen LogP contribution in [0.25, 0.3) is 32.2 Å². The minimum atomic E-state index is -0.248. The molecule has 2 aliphatic heterocycles. The summed E-state index contributed by atoms with van der Waals surface area (Å²) >= 11 is 1.71. The first kappa shape index (κ1) is 23.8. The number of hydrogen-bond acceptors (Lipinski definition) is 4. The predicted molar refractivity (Wildman–Crippen MR) is 148 cm³/mol. The number of aromatic nitrogens is 2. The minimum Gasteiger partial charge on any atom is -0.337 e. The van der Waals surface area contributed by atoms with Crippen LogP contribution in [0.1, 0.15) is 44.1 Å². The van der Waals surface area contributed by atoms with Gasteiger partial charge in [0.05, 0.1) is 15.9 Å². The fraction of sp³-hybridized carbons (Fsp3) is 0.433. The first-order valence-corrected chi connectivity index (χ1v) is 14.3. The molecule has 2 aromatic carbocycles. The Morgan fingerprint density at radius 2 is 1.64 bits per heavy atom. The number of aromatic amines is 1. The summed E-state index contributed by atoms with van der Waals surface area (Å²) in [6, 6.07) is 18.0. The number of rotatable bonds is 7. The number of likely N-dealkylation sites (tertiary alicyclic amines) is 2. The van der Waals surface area contributed by atoms with Crippen molar-refractivity contribution in [3.63, 3.8) is 0 Å². The maximum atomic E-state index is 13.5. The van der Waals surface area contributed by atoms with Crippen LogP contribution >= 0.6 is 11.3 Å². The number of thiophene rings is 1. The van der Waals surface area contributed by atoms with E-state index in [1.54, 1.807) is 17.4 Å². The highest BCUT2D eigenvalue weighted by Gasteiger charge is 2.20. The van der Waals surface area contributed by atoms with Gasteiger partial charge in [0.1, 0.15) is 11.6 Å². The van der Waals surface area contributed by atoms with Gasteiger partial charge in [-0.15, -0.1) is 11.3 Å². The molecule has 0 saturated carbocycles. The molecule has 0 unspecified atom stereocenters. The molecule has 6 rings (SSSR count). The number of hydrogen-bond donors (Lipinski definition) is 1. The first-order valence-electron chi connectivity index (χ1n) is 13.5. The summed E-state index contributed by atoms with van der Waals surface area (Å²) in [5.41, 5.74) is 4.14. The van der Waals surface area contributed by atoms with E-state index in [1.165, 1.54) is 99.4 Å². The van der Waals surface area contributed by atoms with Crippen LogP contribution in [-0.4, -0.2) is 52.5 Å². The molecule has 188 valence electrons. The van der Waals surface area contributed by atoms with Crippen LogP contribution in [0.2, 0.25) is 0 Å². The average Bonchev–Trinajstić information content (AvgIpc) is 3.57. The van der Waals surface area contributed by atoms with Crippen LogP contribution in [0, 0.1) is 11.7 Å². The van der Waals surface area contributed by atoms with Crippen molar-refractivity contribution in [2.75, 3.05) is 32.7 Å². The first-order chi connectivity index (χ1) is 17.7. The van der Waals surface area contributed by atoms with Gasteiger partial charge in [0, 0.05) is 11.4 Å². The van der Waals surface area contributed by atoms with E-state index in [-0.39, 0.29) is 5.82 Å². The van der Waals surface area contributed by atoms with Crippen molar-refractivity contribution in [1.82, 2.24) is 19.8 Å². The van der Waals surface area contributed by atoms with Gasteiger partial charge >= 0.3 is 0 Å². The average molecular weight is 503 g/mol. The molecule has 4 nitrogen and oxygen atoms in total. The molecule has 0 radical (unpaired) electrons. The summed E-state index contributed by atoms with van der Waals surface area (Å²) in [6.07, 6.45) is 8.30. The summed E-state index contributed by atoms with van der Waals surface area (Å²) in [5, 5.41) is 0. The molecule has 36 heavy (non-hydrogen) atoms. The van der Waals surface area contributed by atoms with Gasteiger partial charge in [-0.2, -0.15) is 0 Å². The summed E-state index contributed by atoms with van der Waals surface area (Å²) in [6.45, 7) is 7.45. The Morgan fingerprint density at radius 1 is 0.861 bits per heavy atom. The maximum Gasteiger partial charge on any atom is 0.148 e. The molecule has 4 heterocycles. The molecule has 6 heteroatoms. The number of benzene rings is 2. The smallest absolute Gasteiger partial charge is 0.148 e. The molecule has 2 aliphatic rings. The van der Waals surface area contributed by atoms with E-state index in [2.05, 4.69) is 56.2 Å². The van der Waals surface area contributed by atoms with E-state index in [1.807, 2.05) is 0 Å². The van der Waals surface area contributed by atoms with Gasteiger partial charge in [0.15, 0.2) is 0 Å². The zero-order chi connectivity index (χ0) is 24.3. The second-order valence-electron chi connectivity index (χ2n) is 10.5. The van der Waals surface area contributed by atoms with Crippen LogP contribution in [0.3, 0.4) is 0 Å². The van der Waals surface area contributed by atoms with Crippen molar-refractivity contribution in [1.29, 1.82) is 0 Å². The van der Waals surface area contributed by atoms with E-state index < -0.39 is 0 Å². The van der Waals surface area contributed by atoms with Crippen molar-refractivity contribution in [2.24, 2.45) is 5.92 Å². The third kappa shape index (κ3) is 5.56. The van der Waals surface area contributed by atoms with Crippen molar-refractivity contribution < 1.29 is 4.39 Å². The standard InChI is InChI=1S/C30H35FN4S/c31-25-8-9-26-27(20-25)33-30(32-26)29-11-10-28(36-29)24-6-4-23(5-7-24)21-35-18-13-22(14-19-35)12-17-34-15-2-1-3-16-34/h4-11,20,22H,1-3,12-19,21H2,(H,32,33). The van der Waals surface area contributed by atoms with Crippen LogP contribution in [-0.2, 0) is 6.54 Å². The highest BCUT2D eigenvalue weighted by Crippen LogP contribution is 2.34. The Bertz CT molecular complexity index is 1280. The molecular weight excluding hydrogens is 467 g/mol. The Labute approximate surface area is 217 Å². The van der Waals surface area contributed by atoms with Crippen molar-refractivity contribution in [2.45, 2.75) is 45.1 Å². The van der Waals surface area contributed by atoms with Gasteiger partial charge in [-0.3, -0.25) is 4.90 Å². The Morgan fingerprint density at radius 3 is 2.44 bits per heavy atom. The van der Waals surface area contributed by atoms with Gasteiger partial charge in [-0.1, -0.05) is 30.7 Å². The molecular formula is C30H35FN4S. The lowest BCUT2D eigenvalue weighted by molar-refractivity contribution is 0.151. The largest absolute Gasteiger partial charge is 0.337 e. The van der Waals surface area contributed by atoms with Crippen LogP contribution in [0.4, 0.5) is 4.39 Å². The van der Waals surface area contributed by atoms with Crippen LogP contribution < -0.4 is 0 Å². The molecule has 0 bridgehead atoms. The normalized spacial score (nSPS) is 18.2. The zero-order valence-electron chi connectivity index (χ0n) is 20.9. The van der Waals surface area contributed by atoms with Crippen molar-refractivity contribution in [3.05, 3.63) is 66.0 Å². The Hall–Kier alpha value is -2.54. The lowest BCUT2D eigenvalue weighted by Gasteiger charge is -2.34. The number of imidazole rings is 1. The summed E-state index contributed by atoms with van der Waals surface area (Å²) in [7, 11) is 0. The molecule has 2 aromatic heterocycles. The third-order valence-electron chi connectivity index (χ3n) is 7.94. The van der Waals surface area contributed by atoms with Gasteiger partial charge in [-0.25, -0.2) is 9.37 Å². The summed E-state index contributed by atoms with van der Waals surface area (Å²) in [5.74, 6) is 1.45. The van der Waals surface area contributed by atoms with E-state index >= 15 is 0 Å². The van der Waals surface area contributed by atoms with Gasteiger partial charge < -0.3 is 9.88 Å². The fourth-order valence-corrected chi connectivity index (χ4v) is 6.69. The number of nitrogens with one attached hydrogen (secondary N) is 1. The van der Waals surface area contributed by atoms with Crippen molar-refractivity contribution >= 4 is 22.4 Å². The molecule has 0 amide bonds. The number of fused-ring (bicyclic) bond motifs is 1. The topological polar surface area (TPSA) is 35.2 Å². The third-order valence-corrected chi connectivity index (χ3v) is 9.08. The molecule has 0 aliphatic carbocycles. The summed E-state index contributed by atoms with van der Waals surface area (Å²) < 4.78 is 13.5. The highest BCUT2D eigenvalue weighted by atomic mass is 32.1. The minimum absolute atomic E-state index is 0.248. The number of nitrogens with zero attached hydrogens (tertiary/aromatic N) is 3. The Balaban J connectivity index is 1.02. The number of halogens is 1. The van der Waals surface area contributed by atoms with E-state index in [9.17, 15) is 4.39 Å². The molecule has 2 saturated heterocycles. The molecule has 0 atom stereocenters. The van der Waals surface area contributed by atoms with Gasteiger partial charge in [0.2, 0.25) is 0 Å². The number of piperidine rings is 2. The monoisotopic (exact) mass is 502 g/mol. The van der Waals surface area contributed by atoms with Gasteiger partial charge in [0.25, 0.3) is 0 Å². The highest BCUT2D eigenvalue weighted by molar-refractivity contribution is 7.18. The molecule has 4 aromatic rings. The van der Waals surface area contributed by atoms with Gasteiger partial charge in [-0.05, 0) is 112 Å². The zero-order valence-corrected chi connectivity index (χ0v) is 21.7. The van der Waals surface area contributed by atoms with Crippen LogP contribution in [0.5, 0.6) is 0 Å². The van der Waals surface area contributed by atoms with E-state index in [0.717, 1.165) is 34.2 Å². The SMILES string of the molecule is Fc1ccc2nc(-c3ccc(-c4ccc(CN5CCC(CCN6CCCCC6)CC5)cc4)s3)[nH]c2c1. The second kappa shape index (κ2) is 10.8. The van der Waals surface area contributed by atoms with E-state index in [4.69, 9.17) is 0 Å². The molecule has 1 N–H and O–H groups in total. The predicted octanol–water partition coefficient (Wildman–Crippen LogP) is 7.19.